The zero-order valence-corrected chi connectivity index (χ0v) is 16.9. The van der Waals surface area contributed by atoms with Crippen LogP contribution in [-0.4, -0.2) is 45.8 Å². The van der Waals surface area contributed by atoms with Crippen LogP contribution in [0.4, 0.5) is 0 Å². The molecule has 1 aliphatic carbocycles. The summed E-state index contributed by atoms with van der Waals surface area (Å²) in [5.41, 5.74) is 11.6. The van der Waals surface area contributed by atoms with Gasteiger partial charge in [0.05, 0.1) is 16.9 Å². The summed E-state index contributed by atoms with van der Waals surface area (Å²) in [6, 6.07) is 5.73. The maximum absolute atomic E-state index is 12.0. The minimum absolute atomic E-state index is 0.289. The maximum Gasteiger partial charge on any atom is 0.240 e. The highest BCUT2D eigenvalue weighted by atomic mass is 16.5. The molecule has 0 spiro atoms. The number of aromatic nitrogens is 2. The molecule has 3 N–H and O–H groups in total. The molecule has 31 heavy (non-hydrogen) atoms. The fourth-order valence-corrected chi connectivity index (χ4v) is 4.57. The van der Waals surface area contributed by atoms with Crippen molar-refractivity contribution in [3.63, 3.8) is 0 Å². The highest BCUT2D eigenvalue weighted by Gasteiger charge is 2.39. The molecule has 0 bridgehead atoms. The van der Waals surface area contributed by atoms with Crippen LogP contribution < -0.4 is 11.1 Å². The van der Waals surface area contributed by atoms with Crippen molar-refractivity contribution in [1.82, 2.24) is 20.2 Å². The molecule has 1 saturated carbocycles. The van der Waals surface area contributed by atoms with E-state index in [4.69, 9.17) is 15.5 Å². The predicted molar refractivity (Wildman–Crippen MR) is 115 cm³/mol. The first-order valence-corrected chi connectivity index (χ1v) is 10.5. The zero-order valence-electron chi connectivity index (χ0n) is 16.9. The summed E-state index contributed by atoms with van der Waals surface area (Å²) in [5, 5.41) is 4.35. The van der Waals surface area contributed by atoms with E-state index in [1.165, 1.54) is 5.57 Å². The van der Waals surface area contributed by atoms with Crippen LogP contribution in [0.5, 0.6) is 0 Å². The summed E-state index contributed by atoms with van der Waals surface area (Å²) in [4.78, 5) is 27.5. The minimum Gasteiger partial charge on any atom is -0.495 e. The lowest BCUT2D eigenvalue weighted by Gasteiger charge is -2.30. The molecule has 1 aromatic carbocycles. The number of hydrogen-bond donors (Lipinski definition) is 2. The molecule has 0 saturated heterocycles. The molecule has 8 nitrogen and oxygen atoms in total. The summed E-state index contributed by atoms with van der Waals surface area (Å²) in [6.45, 7) is 1.36. The summed E-state index contributed by atoms with van der Waals surface area (Å²) in [5.74, 6) is 0.852. The summed E-state index contributed by atoms with van der Waals surface area (Å²) in [7, 11) is 0. The first-order valence-electron chi connectivity index (χ1n) is 10.5. The predicted octanol–water partition coefficient (Wildman–Crippen LogP) is 1.96. The van der Waals surface area contributed by atoms with Crippen molar-refractivity contribution < 1.29 is 9.53 Å². The number of amides is 1. The van der Waals surface area contributed by atoms with E-state index in [9.17, 15) is 4.79 Å². The number of carbonyl (C=O) groups is 1. The van der Waals surface area contributed by atoms with Crippen molar-refractivity contribution in [2.45, 2.75) is 25.3 Å². The van der Waals surface area contributed by atoms with Gasteiger partial charge < -0.3 is 20.7 Å². The average Bonchev–Trinajstić information content (AvgIpc) is 3.56. The molecule has 0 radical (unpaired) electrons. The van der Waals surface area contributed by atoms with Crippen LogP contribution in [0, 0.1) is 5.92 Å². The summed E-state index contributed by atoms with van der Waals surface area (Å²) < 4.78 is 5.84. The number of ether oxygens (including phenoxy) is 1. The summed E-state index contributed by atoms with van der Waals surface area (Å²) >= 11 is 0. The Hall–Kier alpha value is -3.68. The number of amidine groups is 1. The van der Waals surface area contributed by atoms with E-state index in [2.05, 4.69) is 26.3 Å². The van der Waals surface area contributed by atoms with E-state index in [1.807, 2.05) is 24.5 Å². The molecular formula is C23H22N6O2. The van der Waals surface area contributed by atoms with Crippen LogP contribution in [0.3, 0.4) is 0 Å². The number of benzene rings is 1. The largest absolute Gasteiger partial charge is 0.495 e. The first-order chi connectivity index (χ1) is 15.2. The molecule has 8 heteroatoms. The number of nitrogens with one attached hydrogen (secondary N) is 1. The van der Waals surface area contributed by atoms with Crippen LogP contribution in [0.2, 0.25) is 0 Å². The van der Waals surface area contributed by atoms with Crippen LogP contribution in [-0.2, 0) is 9.53 Å². The number of fused-ring (bicyclic) bond motifs is 1. The van der Waals surface area contributed by atoms with Gasteiger partial charge in [0.25, 0.3) is 0 Å². The van der Waals surface area contributed by atoms with Crippen molar-refractivity contribution >= 4 is 22.6 Å². The Kier molecular flexibility index (Phi) is 4.05. The second-order valence-electron chi connectivity index (χ2n) is 8.35. The fourth-order valence-electron chi connectivity index (χ4n) is 4.57. The van der Waals surface area contributed by atoms with E-state index in [0.717, 1.165) is 65.1 Å². The lowest BCUT2D eigenvalue weighted by atomic mass is 10.0. The van der Waals surface area contributed by atoms with E-state index in [1.54, 1.807) is 12.6 Å². The number of hydrogen-bond acceptors (Lipinski definition) is 7. The first kappa shape index (κ1) is 18.1. The van der Waals surface area contributed by atoms with E-state index >= 15 is 0 Å². The lowest BCUT2D eigenvalue weighted by molar-refractivity contribution is -0.120. The van der Waals surface area contributed by atoms with Gasteiger partial charge >= 0.3 is 0 Å². The van der Waals surface area contributed by atoms with Crippen LogP contribution in [0.1, 0.15) is 24.8 Å². The molecule has 156 valence electrons. The highest BCUT2D eigenvalue weighted by molar-refractivity contribution is 6.04. The third-order valence-electron chi connectivity index (χ3n) is 6.29. The molecule has 1 unspecified atom stereocenters. The average molecular weight is 414 g/mol. The van der Waals surface area contributed by atoms with E-state index < -0.39 is 6.04 Å². The number of rotatable bonds is 5. The molecule has 2 aromatic rings. The molecule has 1 amide bonds. The Morgan fingerprint density at radius 2 is 2.23 bits per heavy atom. The fraction of sp³-hybridized carbons (Fsp3) is 0.304. The van der Waals surface area contributed by atoms with Crippen LogP contribution in [0.15, 0.2) is 70.7 Å². The topological polar surface area (TPSA) is 106 Å². The van der Waals surface area contributed by atoms with Crippen molar-refractivity contribution in [3.05, 3.63) is 71.3 Å². The SMILES string of the molecule is NC(=O)C(NC1=COCC2=C3C1=CN=C(c1ccc4cncnc4c1)N3CC2)C1CC1. The van der Waals surface area contributed by atoms with Gasteiger partial charge in [-0.25, -0.2) is 15.0 Å². The molecule has 1 aromatic heterocycles. The molecule has 4 aliphatic rings. The van der Waals surface area contributed by atoms with Gasteiger partial charge in [-0.3, -0.25) is 4.79 Å². The Bertz CT molecular complexity index is 1220. The molecule has 3 aliphatic heterocycles. The van der Waals surface area contributed by atoms with Crippen molar-refractivity contribution in [2.24, 2.45) is 16.6 Å². The standard InChI is InChI=1S/C23H22N6O2/c24-22(30)20(13-1-2-13)28-19-11-31-10-16-5-6-29-21(16)17(19)9-26-23(29)14-3-4-15-8-25-12-27-18(15)7-14/h3-4,7-9,11-13,20,28H,1-2,5-6,10H2,(H2,24,30). The van der Waals surface area contributed by atoms with Crippen LogP contribution in [0.25, 0.3) is 10.9 Å². The van der Waals surface area contributed by atoms with Gasteiger partial charge in [-0.1, -0.05) is 12.1 Å². The van der Waals surface area contributed by atoms with Gasteiger partial charge in [0, 0.05) is 35.5 Å². The Labute approximate surface area is 179 Å². The second-order valence-corrected chi connectivity index (χ2v) is 8.35. The molecule has 6 rings (SSSR count). The number of nitrogens with two attached hydrogens (primary N) is 1. The van der Waals surface area contributed by atoms with Gasteiger partial charge in [-0.15, -0.1) is 0 Å². The number of primary amides is 1. The van der Waals surface area contributed by atoms with E-state index in [0.29, 0.717) is 6.61 Å². The smallest absolute Gasteiger partial charge is 0.240 e. The van der Waals surface area contributed by atoms with Gasteiger partial charge in [0.1, 0.15) is 31.1 Å². The van der Waals surface area contributed by atoms with Gasteiger partial charge in [-0.2, -0.15) is 0 Å². The number of carbonyl (C=O) groups excluding carboxylic acids is 1. The van der Waals surface area contributed by atoms with Crippen molar-refractivity contribution in [1.29, 1.82) is 0 Å². The Balaban J connectivity index is 1.40. The molecule has 4 heterocycles. The number of nitrogens with zero attached hydrogens (tertiary/aromatic N) is 4. The maximum atomic E-state index is 12.0. The van der Waals surface area contributed by atoms with E-state index in [-0.39, 0.29) is 11.8 Å². The molecular weight excluding hydrogens is 392 g/mol. The highest BCUT2D eigenvalue weighted by Crippen LogP contribution is 2.39. The monoisotopic (exact) mass is 414 g/mol. The normalized spacial score (nSPS) is 20.9. The minimum atomic E-state index is -0.390. The third-order valence-corrected chi connectivity index (χ3v) is 6.29. The van der Waals surface area contributed by atoms with Crippen LogP contribution >= 0.6 is 0 Å². The van der Waals surface area contributed by atoms with Crippen molar-refractivity contribution in [2.75, 3.05) is 13.2 Å². The van der Waals surface area contributed by atoms with Gasteiger partial charge in [-0.05, 0) is 36.8 Å². The number of aliphatic imine (C=N–C) groups is 1. The third kappa shape index (κ3) is 3.06. The summed E-state index contributed by atoms with van der Waals surface area (Å²) in [6.07, 6.45) is 9.88. The lowest BCUT2D eigenvalue weighted by Crippen LogP contribution is -2.43. The second kappa shape index (κ2) is 6.94. The van der Waals surface area contributed by atoms with Gasteiger partial charge in [0.15, 0.2) is 0 Å². The molecule has 1 atom stereocenters. The van der Waals surface area contributed by atoms with Gasteiger partial charge in [0.2, 0.25) is 5.91 Å². The Morgan fingerprint density at radius 1 is 1.32 bits per heavy atom. The molecule has 1 fully saturated rings. The quantitative estimate of drug-likeness (QED) is 0.775. The zero-order chi connectivity index (χ0) is 20.9. The van der Waals surface area contributed by atoms with Crippen molar-refractivity contribution in [3.8, 4) is 0 Å². The Morgan fingerprint density at radius 3 is 3.06 bits per heavy atom.